The molecule has 2 atom stereocenters. The number of aliphatic hydroxyl groups excluding tert-OH is 1. The molecule has 1 N–H and O–H groups in total. The van der Waals surface area contributed by atoms with E-state index in [9.17, 15) is 5.11 Å². The molecule has 98 valence electrons. The van der Waals surface area contributed by atoms with Crippen molar-refractivity contribution in [3.05, 3.63) is 0 Å². The van der Waals surface area contributed by atoms with E-state index < -0.39 is 8.32 Å². The van der Waals surface area contributed by atoms with E-state index >= 15 is 0 Å². The van der Waals surface area contributed by atoms with Gasteiger partial charge in [0.15, 0.2) is 8.32 Å². The molecule has 0 rings (SSSR count). The summed E-state index contributed by atoms with van der Waals surface area (Å²) in [7, 11) is -1.70. The van der Waals surface area contributed by atoms with E-state index in [0.29, 0.717) is 10.5 Å². The highest BCUT2D eigenvalue weighted by Gasteiger charge is 2.37. The van der Waals surface area contributed by atoms with Crippen molar-refractivity contribution < 1.29 is 9.53 Å². The van der Waals surface area contributed by atoms with Gasteiger partial charge in [-0.3, -0.25) is 0 Å². The molecule has 0 radical (unpaired) electrons. The predicted octanol–water partition coefficient (Wildman–Crippen LogP) is 3.97. The van der Waals surface area contributed by atoms with Crippen molar-refractivity contribution in [2.24, 2.45) is 0 Å². The Labute approximate surface area is 115 Å². The summed E-state index contributed by atoms with van der Waals surface area (Å²) in [6, 6.07) is 0. The van der Waals surface area contributed by atoms with E-state index in [0.717, 1.165) is 12.8 Å². The van der Waals surface area contributed by atoms with Crippen molar-refractivity contribution in [3.8, 4) is 0 Å². The average molecular weight is 358 g/mol. The topological polar surface area (TPSA) is 29.5 Å². The normalized spacial score (nSPS) is 17.2. The first-order valence-corrected chi connectivity index (χ1v) is 10.2. The second-order valence-electron chi connectivity index (χ2n) is 5.94. The molecule has 0 aliphatic rings. The number of hydrogen-bond acceptors (Lipinski definition) is 2. The Morgan fingerprint density at radius 1 is 1.31 bits per heavy atom. The monoisotopic (exact) mass is 358 g/mol. The minimum atomic E-state index is -1.70. The SMILES string of the molecule is CCC[C@@H](I)[C@@H](O)CO[Si](C)(C)C(C)(C)C. The Balaban J connectivity index is 4.14. The van der Waals surface area contributed by atoms with Gasteiger partial charge in [-0.2, -0.15) is 0 Å². The molecule has 0 fully saturated rings. The second kappa shape index (κ2) is 6.71. The molecule has 0 aromatic heterocycles. The van der Waals surface area contributed by atoms with Gasteiger partial charge in [-0.05, 0) is 24.6 Å². The number of rotatable bonds is 6. The van der Waals surface area contributed by atoms with Crippen LogP contribution in [0.2, 0.25) is 18.1 Å². The van der Waals surface area contributed by atoms with Gasteiger partial charge in [0, 0.05) is 3.92 Å². The number of halogens is 1. The molecular formula is C12H27IO2Si. The summed E-state index contributed by atoms with van der Waals surface area (Å²) in [5.41, 5.74) is 0. The Hall–Kier alpha value is 0.867. The first-order chi connectivity index (χ1) is 7.12. The van der Waals surface area contributed by atoms with Gasteiger partial charge in [0.2, 0.25) is 0 Å². The maximum Gasteiger partial charge on any atom is 0.192 e. The summed E-state index contributed by atoms with van der Waals surface area (Å²) in [4.78, 5) is 0. The number of hydrogen-bond donors (Lipinski definition) is 1. The molecule has 0 spiro atoms. The summed E-state index contributed by atoms with van der Waals surface area (Å²) in [5, 5.41) is 10.2. The van der Waals surface area contributed by atoms with E-state index in [2.05, 4.69) is 63.4 Å². The first kappa shape index (κ1) is 16.9. The molecule has 0 unspecified atom stereocenters. The molecule has 0 heterocycles. The summed E-state index contributed by atoms with van der Waals surface area (Å²) >= 11 is 2.33. The number of alkyl halides is 1. The van der Waals surface area contributed by atoms with Crippen LogP contribution in [-0.2, 0) is 4.43 Å². The largest absolute Gasteiger partial charge is 0.414 e. The van der Waals surface area contributed by atoms with Crippen LogP contribution in [-0.4, -0.2) is 30.1 Å². The van der Waals surface area contributed by atoms with Gasteiger partial charge >= 0.3 is 0 Å². The van der Waals surface area contributed by atoms with Crippen LogP contribution >= 0.6 is 22.6 Å². The van der Waals surface area contributed by atoms with E-state index in [-0.39, 0.29) is 11.1 Å². The zero-order valence-corrected chi connectivity index (χ0v) is 14.7. The minimum absolute atomic E-state index is 0.220. The van der Waals surface area contributed by atoms with Crippen LogP contribution in [0.4, 0.5) is 0 Å². The molecule has 0 amide bonds. The third kappa shape index (κ3) is 5.47. The van der Waals surface area contributed by atoms with Gasteiger partial charge in [-0.25, -0.2) is 0 Å². The molecule has 0 aromatic rings. The van der Waals surface area contributed by atoms with Gasteiger partial charge in [0.1, 0.15) is 0 Å². The molecule has 2 nitrogen and oxygen atoms in total. The highest BCUT2D eigenvalue weighted by atomic mass is 127. The zero-order valence-electron chi connectivity index (χ0n) is 11.5. The minimum Gasteiger partial charge on any atom is -0.414 e. The van der Waals surface area contributed by atoms with Gasteiger partial charge in [0.25, 0.3) is 0 Å². The first-order valence-electron chi connectivity index (χ1n) is 6.08. The third-order valence-corrected chi connectivity index (χ3v) is 9.36. The Kier molecular flexibility index (Phi) is 7.07. The van der Waals surface area contributed by atoms with E-state index in [4.69, 9.17) is 4.43 Å². The summed E-state index contributed by atoms with van der Waals surface area (Å²) in [5.74, 6) is 0. The van der Waals surface area contributed by atoms with Crippen molar-refractivity contribution in [1.29, 1.82) is 0 Å². The molecular weight excluding hydrogens is 331 g/mol. The molecule has 4 heteroatoms. The Bertz CT molecular complexity index is 202. The van der Waals surface area contributed by atoms with Crippen LogP contribution in [0.25, 0.3) is 0 Å². The summed E-state index contributed by atoms with van der Waals surface area (Å²) in [6.07, 6.45) is 1.85. The molecule has 0 aromatic carbocycles. The van der Waals surface area contributed by atoms with E-state index in [1.807, 2.05) is 0 Å². The van der Waals surface area contributed by atoms with Crippen LogP contribution in [0.1, 0.15) is 40.5 Å². The molecule has 0 bridgehead atoms. The van der Waals surface area contributed by atoms with Crippen molar-refractivity contribution in [2.75, 3.05) is 6.61 Å². The Morgan fingerprint density at radius 2 is 1.81 bits per heavy atom. The van der Waals surface area contributed by atoms with Crippen molar-refractivity contribution >= 4 is 30.9 Å². The second-order valence-corrected chi connectivity index (χ2v) is 12.4. The van der Waals surface area contributed by atoms with Crippen LogP contribution in [0.3, 0.4) is 0 Å². The lowest BCUT2D eigenvalue weighted by atomic mass is 10.2. The van der Waals surface area contributed by atoms with Gasteiger partial charge < -0.3 is 9.53 Å². The van der Waals surface area contributed by atoms with Crippen molar-refractivity contribution in [3.63, 3.8) is 0 Å². The van der Waals surface area contributed by atoms with Crippen molar-refractivity contribution in [2.45, 2.75) is 68.7 Å². The van der Waals surface area contributed by atoms with Gasteiger partial charge in [-0.15, -0.1) is 0 Å². The quantitative estimate of drug-likeness (QED) is 0.442. The maximum absolute atomic E-state index is 9.97. The van der Waals surface area contributed by atoms with Crippen LogP contribution in [0.15, 0.2) is 0 Å². The fourth-order valence-corrected chi connectivity index (χ4v) is 2.93. The predicted molar refractivity (Wildman–Crippen MR) is 81.9 cm³/mol. The zero-order chi connectivity index (χ0) is 13.0. The highest BCUT2D eigenvalue weighted by Crippen LogP contribution is 2.36. The fraction of sp³-hybridized carbons (Fsp3) is 1.00. The summed E-state index contributed by atoms with van der Waals surface area (Å²) < 4.78 is 6.32. The lowest BCUT2D eigenvalue weighted by molar-refractivity contribution is 0.0992. The van der Waals surface area contributed by atoms with Crippen molar-refractivity contribution in [1.82, 2.24) is 0 Å². The molecule has 0 saturated carbocycles. The van der Waals surface area contributed by atoms with E-state index in [1.54, 1.807) is 0 Å². The summed E-state index contributed by atoms with van der Waals surface area (Å²) in [6.45, 7) is 13.7. The standard InChI is InChI=1S/C12H27IO2Si/c1-7-8-10(13)11(14)9-15-16(5,6)12(2,3)4/h10-11,14H,7-9H2,1-6H3/t10-,11+/m1/s1. The van der Waals surface area contributed by atoms with Crippen LogP contribution in [0.5, 0.6) is 0 Å². The maximum atomic E-state index is 9.97. The van der Waals surface area contributed by atoms with Gasteiger partial charge in [-0.1, -0.05) is 56.7 Å². The smallest absolute Gasteiger partial charge is 0.192 e. The third-order valence-electron chi connectivity index (χ3n) is 3.40. The molecule has 0 aliphatic heterocycles. The van der Waals surface area contributed by atoms with Gasteiger partial charge in [0.05, 0.1) is 12.7 Å². The van der Waals surface area contributed by atoms with Crippen LogP contribution < -0.4 is 0 Å². The van der Waals surface area contributed by atoms with E-state index in [1.165, 1.54) is 0 Å². The molecule has 16 heavy (non-hydrogen) atoms. The lowest BCUT2D eigenvalue weighted by Gasteiger charge is -2.37. The number of aliphatic hydroxyl groups is 1. The van der Waals surface area contributed by atoms with Crippen LogP contribution in [0, 0.1) is 0 Å². The Morgan fingerprint density at radius 3 is 2.19 bits per heavy atom. The molecule has 0 aliphatic carbocycles. The highest BCUT2D eigenvalue weighted by molar-refractivity contribution is 14.1. The average Bonchev–Trinajstić information content (AvgIpc) is 2.12. The lowest BCUT2D eigenvalue weighted by Crippen LogP contribution is -2.43. The molecule has 0 saturated heterocycles. The fourth-order valence-electron chi connectivity index (χ4n) is 1.08.